The summed E-state index contributed by atoms with van der Waals surface area (Å²) in [7, 11) is 1.87. The van der Waals surface area contributed by atoms with Crippen molar-refractivity contribution < 1.29 is 9.53 Å². The zero-order chi connectivity index (χ0) is 19.8. The average Bonchev–Trinajstić information content (AvgIpc) is 3.27. The summed E-state index contributed by atoms with van der Waals surface area (Å²) < 4.78 is 5.74. The minimum atomic E-state index is 0. The maximum atomic E-state index is 12.6. The maximum absolute atomic E-state index is 12.6. The van der Waals surface area contributed by atoms with E-state index in [2.05, 4.69) is 31.9 Å². The van der Waals surface area contributed by atoms with Crippen LogP contribution in [0.3, 0.4) is 0 Å². The SMILES string of the molecule is CCOC1CCN(C(=NC)NCCN2CCN(C(=O)C3CCCC3)CC2)CC1.I. The topological polar surface area (TPSA) is 60.4 Å². The van der Waals surface area contributed by atoms with Gasteiger partial charge < -0.3 is 19.9 Å². The summed E-state index contributed by atoms with van der Waals surface area (Å²) in [5, 5.41) is 3.52. The molecule has 29 heavy (non-hydrogen) atoms. The van der Waals surface area contributed by atoms with Gasteiger partial charge in [0.05, 0.1) is 6.10 Å². The lowest BCUT2D eigenvalue weighted by atomic mass is 10.1. The lowest BCUT2D eigenvalue weighted by molar-refractivity contribution is -0.137. The van der Waals surface area contributed by atoms with Crippen LogP contribution in [-0.2, 0) is 9.53 Å². The second-order valence-electron chi connectivity index (χ2n) is 8.26. The number of amides is 1. The lowest BCUT2D eigenvalue weighted by Crippen LogP contribution is -2.52. The van der Waals surface area contributed by atoms with E-state index in [9.17, 15) is 4.79 Å². The summed E-state index contributed by atoms with van der Waals surface area (Å²) in [5.41, 5.74) is 0. The van der Waals surface area contributed by atoms with Gasteiger partial charge in [0.2, 0.25) is 5.91 Å². The van der Waals surface area contributed by atoms with Crippen molar-refractivity contribution in [3.63, 3.8) is 0 Å². The third kappa shape index (κ3) is 7.24. The highest BCUT2D eigenvalue weighted by atomic mass is 127. The number of hydrogen-bond donors (Lipinski definition) is 1. The third-order valence-electron chi connectivity index (χ3n) is 6.46. The molecule has 3 rings (SSSR count). The Morgan fingerprint density at radius 2 is 1.66 bits per heavy atom. The monoisotopic (exact) mass is 521 g/mol. The summed E-state index contributed by atoms with van der Waals surface area (Å²) in [6, 6.07) is 0. The second kappa shape index (κ2) is 12.9. The number of nitrogens with one attached hydrogen (secondary N) is 1. The van der Waals surface area contributed by atoms with Crippen molar-refractivity contribution in [2.24, 2.45) is 10.9 Å². The summed E-state index contributed by atoms with van der Waals surface area (Å²) in [6.07, 6.45) is 7.21. The lowest BCUT2D eigenvalue weighted by Gasteiger charge is -2.37. The van der Waals surface area contributed by atoms with Crippen LogP contribution in [-0.4, -0.2) is 98.7 Å². The molecule has 2 saturated heterocycles. The number of aliphatic imine (C=N–C) groups is 1. The smallest absolute Gasteiger partial charge is 0.225 e. The minimum absolute atomic E-state index is 0. The van der Waals surface area contributed by atoms with Gasteiger partial charge in [-0.15, -0.1) is 24.0 Å². The highest BCUT2D eigenvalue weighted by Gasteiger charge is 2.29. The largest absolute Gasteiger partial charge is 0.378 e. The Hall–Kier alpha value is -0.610. The molecule has 0 aromatic carbocycles. The van der Waals surface area contributed by atoms with Gasteiger partial charge in [-0.2, -0.15) is 0 Å². The molecule has 8 heteroatoms. The molecule has 1 N–H and O–H groups in total. The molecule has 7 nitrogen and oxygen atoms in total. The van der Waals surface area contributed by atoms with Gasteiger partial charge in [0.1, 0.15) is 0 Å². The zero-order valence-corrected chi connectivity index (χ0v) is 20.6. The maximum Gasteiger partial charge on any atom is 0.225 e. The molecule has 0 radical (unpaired) electrons. The number of carbonyl (C=O) groups excluding carboxylic acids is 1. The molecule has 2 heterocycles. The van der Waals surface area contributed by atoms with E-state index in [0.29, 0.717) is 17.9 Å². The number of likely N-dealkylation sites (tertiary alicyclic amines) is 1. The predicted octanol–water partition coefficient (Wildman–Crippen LogP) is 2.02. The Bertz CT molecular complexity index is 511. The van der Waals surface area contributed by atoms with E-state index in [-0.39, 0.29) is 24.0 Å². The van der Waals surface area contributed by atoms with Crippen LogP contribution in [0.2, 0.25) is 0 Å². The first kappa shape index (κ1) is 24.7. The number of halogens is 1. The van der Waals surface area contributed by atoms with Crippen molar-refractivity contribution in [1.82, 2.24) is 20.0 Å². The van der Waals surface area contributed by atoms with Crippen LogP contribution in [0.15, 0.2) is 4.99 Å². The van der Waals surface area contributed by atoms with E-state index in [1.807, 2.05) is 7.05 Å². The quantitative estimate of drug-likeness (QED) is 0.329. The Morgan fingerprint density at radius 1 is 1.00 bits per heavy atom. The number of piperidine rings is 1. The van der Waals surface area contributed by atoms with Gasteiger partial charge in [-0.25, -0.2) is 0 Å². The highest BCUT2D eigenvalue weighted by Crippen LogP contribution is 2.26. The molecule has 1 amide bonds. The molecule has 3 aliphatic rings. The Morgan fingerprint density at radius 3 is 2.24 bits per heavy atom. The predicted molar refractivity (Wildman–Crippen MR) is 128 cm³/mol. The van der Waals surface area contributed by atoms with Gasteiger partial charge in [-0.05, 0) is 32.6 Å². The standard InChI is InChI=1S/C21H39N5O2.HI/c1-3-28-19-8-11-26(12-9-19)21(22-2)23-10-13-24-14-16-25(17-15-24)20(27)18-6-4-5-7-18;/h18-19H,3-17H2,1-2H3,(H,22,23);1H. The van der Waals surface area contributed by atoms with Crippen molar-refractivity contribution in [3.8, 4) is 0 Å². The molecule has 0 bridgehead atoms. The van der Waals surface area contributed by atoms with Crippen molar-refractivity contribution in [1.29, 1.82) is 0 Å². The van der Waals surface area contributed by atoms with Crippen molar-refractivity contribution in [2.45, 2.75) is 51.6 Å². The summed E-state index contributed by atoms with van der Waals surface area (Å²) in [4.78, 5) is 23.9. The van der Waals surface area contributed by atoms with E-state index < -0.39 is 0 Å². The van der Waals surface area contributed by atoms with Gasteiger partial charge in [-0.3, -0.25) is 14.7 Å². The van der Waals surface area contributed by atoms with Gasteiger partial charge in [-0.1, -0.05) is 12.8 Å². The molecule has 168 valence electrons. The van der Waals surface area contributed by atoms with E-state index in [1.165, 1.54) is 12.8 Å². The van der Waals surface area contributed by atoms with Gasteiger partial charge in [0.25, 0.3) is 0 Å². The number of guanidine groups is 1. The molecule has 2 aliphatic heterocycles. The zero-order valence-electron chi connectivity index (χ0n) is 18.3. The van der Waals surface area contributed by atoms with Crippen LogP contribution in [0.4, 0.5) is 0 Å². The van der Waals surface area contributed by atoms with Crippen molar-refractivity contribution in [3.05, 3.63) is 0 Å². The second-order valence-corrected chi connectivity index (χ2v) is 8.26. The number of carbonyl (C=O) groups is 1. The molecule has 0 unspecified atom stereocenters. The van der Waals surface area contributed by atoms with E-state index in [4.69, 9.17) is 4.74 Å². The van der Waals surface area contributed by atoms with Crippen LogP contribution in [0.5, 0.6) is 0 Å². The molecule has 0 atom stereocenters. The fourth-order valence-corrected chi connectivity index (χ4v) is 4.75. The molecule has 3 fully saturated rings. The Balaban J connectivity index is 0.00000300. The van der Waals surface area contributed by atoms with E-state index in [0.717, 1.165) is 90.6 Å². The molecule has 0 aromatic heterocycles. The first-order valence-electron chi connectivity index (χ1n) is 11.3. The number of rotatable bonds is 6. The fraction of sp³-hybridized carbons (Fsp3) is 0.905. The fourth-order valence-electron chi connectivity index (χ4n) is 4.75. The number of piperazine rings is 1. The van der Waals surface area contributed by atoms with Crippen LogP contribution < -0.4 is 5.32 Å². The first-order valence-corrected chi connectivity index (χ1v) is 11.3. The Kier molecular flexibility index (Phi) is 11.0. The summed E-state index contributed by atoms with van der Waals surface area (Å²) >= 11 is 0. The van der Waals surface area contributed by atoms with Gasteiger partial charge in [0.15, 0.2) is 5.96 Å². The molecular weight excluding hydrogens is 481 g/mol. The average molecular weight is 521 g/mol. The highest BCUT2D eigenvalue weighted by molar-refractivity contribution is 14.0. The van der Waals surface area contributed by atoms with Gasteiger partial charge in [0, 0.05) is 71.9 Å². The van der Waals surface area contributed by atoms with Gasteiger partial charge >= 0.3 is 0 Å². The minimum Gasteiger partial charge on any atom is -0.378 e. The summed E-state index contributed by atoms with van der Waals surface area (Å²) in [6.45, 7) is 10.5. The number of nitrogens with zero attached hydrogens (tertiary/aromatic N) is 4. The normalized spacial score (nSPS) is 22.6. The number of ether oxygens (including phenoxy) is 1. The van der Waals surface area contributed by atoms with Crippen LogP contribution in [0, 0.1) is 5.92 Å². The van der Waals surface area contributed by atoms with Crippen LogP contribution >= 0.6 is 24.0 Å². The molecule has 1 saturated carbocycles. The Labute approximate surface area is 193 Å². The van der Waals surface area contributed by atoms with Crippen LogP contribution in [0.1, 0.15) is 45.4 Å². The van der Waals surface area contributed by atoms with E-state index in [1.54, 1.807) is 0 Å². The third-order valence-corrected chi connectivity index (χ3v) is 6.46. The molecular formula is C21H40IN5O2. The van der Waals surface area contributed by atoms with Crippen molar-refractivity contribution in [2.75, 3.05) is 66.0 Å². The molecule has 0 aromatic rings. The van der Waals surface area contributed by atoms with Crippen molar-refractivity contribution >= 4 is 35.8 Å². The van der Waals surface area contributed by atoms with Crippen LogP contribution in [0.25, 0.3) is 0 Å². The molecule has 1 aliphatic carbocycles. The first-order chi connectivity index (χ1) is 13.7. The van der Waals surface area contributed by atoms with E-state index >= 15 is 0 Å². The number of hydrogen-bond acceptors (Lipinski definition) is 4. The summed E-state index contributed by atoms with van der Waals surface area (Å²) in [5.74, 6) is 1.72. The molecule has 0 spiro atoms.